The van der Waals surface area contributed by atoms with Gasteiger partial charge < -0.3 is 9.64 Å². The molecular formula is C14H18N4OS. The second kappa shape index (κ2) is 5.76. The summed E-state index contributed by atoms with van der Waals surface area (Å²) in [5.74, 6) is 0.953. The van der Waals surface area contributed by atoms with Crippen molar-refractivity contribution in [1.29, 1.82) is 0 Å². The number of aryl methyl sites for hydroxylation is 1. The molecule has 0 bridgehead atoms. The summed E-state index contributed by atoms with van der Waals surface area (Å²) in [6.07, 6.45) is 0.846. The van der Waals surface area contributed by atoms with Crippen LogP contribution in [0.25, 0.3) is 5.69 Å². The molecule has 1 N–H and O–H groups in total. The first-order valence-corrected chi connectivity index (χ1v) is 7.30. The van der Waals surface area contributed by atoms with E-state index in [4.69, 9.17) is 17.0 Å². The van der Waals surface area contributed by atoms with Crippen LogP contribution in [-0.4, -0.2) is 41.1 Å². The van der Waals surface area contributed by atoms with E-state index in [9.17, 15) is 0 Å². The zero-order chi connectivity index (χ0) is 13.9. The van der Waals surface area contributed by atoms with E-state index in [1.165, 1.54) is 5.69 Å². The van der Waals surface area contributed by atoms with Crippen LogP contribution in [0.2, 0.25) is 0 Å². The molecule has 0 atom stereocenters. The van der Waals surface area contributed by atoms with Gasteiger partial charge in [0, 0.05) is 30.9 Å². The Kier molecular flexibility index (Phi) is 3.84. The van der Waals surface area contributed by atoms with E-state index in [-0.39, 0.29) is 0 Å². The zero-order valence-corrected chi connectivity index (χ0v) is 12.3. The molecule has 0 spiro atoms. The molecule has 0 unspecified atom stereocenters. The molecule has 2 aromatic rings. The third-order valence-electron chi connectivity index (χ3n) is 3.54. The number of hydrogen-bond acceptors (Lipinski definition) is 4. The van der Waals surface area contributed by atoms with E-state index in [0.717, 1.165) is 44.2 Å². The molecule has 1 saturated heterocycles. The van der Waals surface area contributed by atoms with Crippen LogP contribution in [0, 0.1) is 4.77 Å². The Morgan fingerprint density at radius 2 is 1.85 bits per heavy atom. The van der Waals surface area contributed by atoms with Crippen LogP contribution < -0.4 is 4.90 Å². The van der Waals surface area contributed by atoms with Crippen LogP contribution in [-0.2, 0) is 11.2 Å². The van der Waals surface area contributed by atoms with Gasteiger partial charge in [0.15, 0.2) is 4.77 Å². The minimum atomic E-state index is 0.640. The number of rotatable bonds is 3. The average molecular weight is 290 g/mol. The smallest absolute Gasteiger partial charge is 0.199 e. The third kappa shape index (κ3) is 2.48. The molecule has 2 heterocycles. The molecule has 3 rings (SSSR count). The largest absolute Gasteiger partial charge is 0.378 e. The predicted molar refractivity (Wildman–Crippen MR) is 81.2 cm³/mol. The number of nitrogens with zero attached hydrogens (tertiary/aromatic N) is 3. The second-order valence-electron chi connectivity index (χ2n) is 4.75. The van der Waals surface area contributed by atoms with Gasteiger partial charge in [-0.25, -0.2) is 0 Å². The van der Waals surface area contributed by atoms with Crippen molar-refractivity contribution in [2.24, 2.45) is 0 Å². The van der Waals surface area contributed by atoms with Crippen LogP contribution >= 0.6 is 12.2 Å². The third-order valence-corrected chi connectivity index (χ3v) is 3.82. The number of ether oxygens (including phenoxy) is 1. The van der Waals surface area contributed by atoms with E-state index >= 15 is 0 Å². The number of aromatic nitrogens is 3. The number of benzene rings is 1. The first-order chi connectivity index (χ1) is 9.79. The van der Waals surface area contributed by atoms with Crippen LogP contribution in [0.1, 0.15) is 12.7 Å². The van der Waals surface area contributed by atoms with Crippen molar-refractivity contribution in [2.75, 3.05) is 31.2 Å². The zero-order valence-electron chi connectivity index (χ0n) is 11.5. The maximum atomic E-state index is 5.38. The summed E-state index contributed by atoms with van der Waals surface area (Å²) in [6.45, 7) is 5.57. The topological polar surface area (TPSA) is 46.1 Å². The lowest BCUT2D eigenvalue weighted by Gasteiger charge is -2.28. The Bertz CT molecular complexity index is 625. The molecule has 1 aromatic heterocycles. The Morgan fingerprint density at radius 3 is 2.50 bits per heavy atom. The van der Waals surface area contributed by atoms with Crippen molar-refractivity contribution in [3.63, 3.8) is 0 Å². The summed E-state index contributed by atoms with van der Waals surface area (Å²) in [5.41, 5.74) is 2.28. The first kappa shape index (κ1) is 13.3. The van der Waals surface area contributed by atoms with Gasteiger partial charge in [0.2, 0.25) is 0 Å². The van der Waals surface area contributed by atoms with Gasteiger partial charge in [0.25, 0.3) is 0 Å². The van der Waals surface area contributed by atoms with Gasteiger partial charge in [-0.2, -0.15) is 5.10 Å². The highest BCUT2D eigenvalue weighted by atomic mass is 32.1. The summed E-state index contributed by atoms with van der Waals surface area (Å²) < 4.78 is 8.00. The molecule has 106 valence electrons. The molecule has 0 radical (unpaired) electrons. The normalized spacial score (nSPS) is 15.6. The van der Waals surface area contributed by atoms with Crippen molar-refractivity contribution in [1.82, 2.24) is 14.8 Å². The molecule has 1 aliphatic heterocycles. The summed E-state index contributed by atoms with van der Waals surface area (Å²) in [6, 6.07) is 8.45. The van der Waals surface area contributed by atoms with E-state index in [2.05, 4.69) is 46.3 Å². The number of H-pyrrole nitrogens is 1. The molecule has 0 aliphatic carbocycles. The fraction of sp³-hybridized carbons (Fsp3) is 0.429. The number of anilines is 1. The van der Waals surface area contributed by atoms with Crippen molar-refractivity contribution in [3.05, 3.63) is 34.9 Å². The summed E-state index contributed by atoms with van der Waals surface area (Å²) >= 11 is 5.30. The first-order valence-electron chi connectivity index (χ1n) is 6.89. The van der Waals surface area contributed by atoms with Gasteiger partial charge in [0.1, 0.15) is 5.82 Å². The van der Waals surface area contributed by atoms with Gasteiger partial charge in [0.05, 0.1) is 13.2 Å². The average Bonchev–Trinajstić information content (AvgIpc) is 2.89. The molecule has 0 amide bonds. The minimum Gasteiger partial charge on any atom is -0.378 e. The Morgan fingerprint density at radius 1 is 1.20 bits per heavy atom. The van der Waals surface area contributed by atoms with Crippen molar-refractivity contribution in [2.45, 2.75) is 13.3 Å². The minimum absolute atomic E-state index is 0.640. The van der Waals surface area contributed by atoms with Crippen LogP contribution in [0.5, 0.6) is 0 Å². The lowest BCUT2D eigenvalue weighted by atomic mass is 10.2. The molecule has 1 aliphatic rings. The fourth-order valence-electron chi connectivity index (χ4n) is 2.47. The van der Waals surface area contributed by atoms with Crippen LogP contribution in [0.15, 0.2) is 24.3 Å². The number of hydrogen-bond donors (Lipinski definition) is 1. The standard InChI is InChI=1S/C14H18N4OS/c1-2-13-15-16-14(20)18(13)12-5-3-11(4-6-12)17-7-9-19-10-8-17/h3-6H,2,7-10H2,1H3,(H,16,20). The molecule has 1 fully saturated rings. The highest BCUT2D eigenvalue weighted by molar-refractivity contribution is 7.71. The molecule has 1 aromatic carbocycles. The summed E-state index contributed by atoms with van der Waals surface area (Å²) in [5, 5.41) is 7.10. The summed E-state index contributed by atoms with van der Waals surface area (Å²) in [7, 11) is 0. The Balaban J connectivity index is 1.89. The van der Waals surface area contributed by atoms with E-state index in [0.29, 0.717) is 4.77 Å². The fourth-order valence-corrected chi connectivity index (χ4v) is 2.72. The van der Waals surface area contributed by atoms with Crippen molar-refractivity contribution in [3.8, 4) is 5.69 Å². The second-order valence-corrected chi connectivity index (χ2v) is 5.14. The number of aromatic amines is 1. The molecule has 6 heteroatoms. The van der Waals surface area contributed by atoms with Gasteiger partial charge in [-0.05, 0) is 36.5 Å². The van der Waals surface area contributed by atoms with Gasteiger partial charge in [-0.1, -0.05) is 6.92 Å². The molecule has 20 heavy (non-hydrogen) atoms. The molecular weight excluding hydrogens is 272 g/mol. The SMILES string of the molecule is CCc1n[nH]c(=S)n1-c1ccc(N2CCOCC2)cc1. The quantitative estimate of drug-likeness (QED) is 0.881. The van der Waals surface area contributed by atoms with E-state index < -0.39 is 0 Å². The van der Waals surface area contributed by atoms with Crippen LogP contribution in [0.4, 0.5) is 5.69 Å². The van der Waals surface area contributed by atoms with E-state index in [1.807, 2.05) is 4.57 Å². The Labute approximate surface area is 123 Å². The van der Waals surface area contributed by atoms with Gasteiger partial charge in [-0.3, -0.25) is 9.67 Å². The van der Waals surface area contributed by atoms with Gasteiger partial charge in [-0.15, -0.1) is 0 Å². The van der Waals surface area contributed by atoms with E-state index in [1.54, 1.807) is 0 Å². The monoisotopic (exact) mass is 290 g/mol. The van der Waals surface area contributed by atoms with Gasteiger partial charge >= 0.3 is 0 Å². The van der Waals surface area contributed by atoms with Crippen LogP contribution in [0.3, 0.4) is 0 Å². The maximum Gasteiger partial charge on any atom is 0.199 e. The lowest BCUT2D eigenvalue weighted by molar-refractivity contribution is 0.122. The highest BCUT2D eigenvalue weighted by Crippen LogP contribution is 2.19. The predicted octanol–water partition coefficient (Wildman–Crippen LogP) is 2.33. The van der Waals surface area contributed by atoms with Crippen molar-refractivity contribution < 1.29 is 4.74 Å². The number of nitrogens with one attached hydrogen (secondary N) is 1. The highest BCUT2D eigenvalue weighted by Gasteiger charge is 2.12. The molecule has 5 nitrogen and oxygen atoms in total. The Hall–Kier alpha value is -1.66. The van der Waals surface area contributed by atoms with Crippen molar-refractivity contribution >= 4 is 17.9 Å². The number of morpholine rings is 1. The summed E-state index contributed by atoms with van der Waals surface area (Å²) in [4.78, 5) is 2.34. The lowest BCUT2D eigenvalue weighted by Crippen LogP contribution is -2.36. The molecule has 0 saturated carbocycles. The maximum absolute atomic E-state index is 5.38.